The van der Waals surface area contributed by atoms with Crippen molar-refractivity contribution in [1.82, 2.24) is 9.97 Å². The Morgan fingerprint density at radius 1 is 1.50 bits per heavy atom. The van der Waals surface area contributed by atoms with Gasteiger partial charge in [0.25, 0.3) is 0 Å². The van der Waals surface area contributed by atoms with Crippen LogP contribution in [-0.4, -0.2) is 23.6 Å². The molecule has 2 aromatic heterocycles. The van der Waals surface area contributed by atoms with Crippen LogP contribution in [0.5, 0.6) is 0 Å². The predicted octanol–water partition coefficient (Wildman–Crippen LogP) is 2.44. The standard InChI is InChI=1S/C12H15BrN4S/c1-17(5-3-10-6-9(13)8-18-10)12-2-4-15-11(7-14)16-12/h2,4,6,8H,3,5,7,14H2,1H3. The summed E-state index contributed by atoms with van der Waals surface area (Å²) in [6.45, 7) is 1.30. The molecule has 4 nitrogen and oxygen atoms in total. The zero-order valence-corrected chi connectivity index (χ0v) is 12.5. The van der Waals surface area contributed by atoms with Crippen molar-refractivity contribution < 1.29 is 0 Å². The van der Waals surface area contributed by atoms with Gasteiger partial charge in [0, 0.05) is 34.5 Å². The summed E-state index contributed by atoms with van der Waals surface area (Å²) in [5, 5.41) is 2.10. The van der Waals surface area contributed by atoms with Crippen LogP contribution in [0.1, 0.15) is 10.7 Å². The van der Waals surface area contributed by atoms with Crippen LogP contribution in [0.4, 0.5) is 5.82 Å². The van der Waals surface area contributed by atoms with Gasteiger partial charge < -0.3 is 10.6 Å². The molecule has 2 rings (SSSR count). The maximum Gasteiger partial charge on any atom is 0.144 e. The van der Waals surface area contributed by atoms with E-state index in [0.717, 1.165) is 23.3 Å². The van der Waals surface area contributed by atoms with Crippen molar-refractivity contribution in [3.8, 4) is 0 Å². The SMILES string of the molecule is CN(CCc1cc(Br)cs1)c1ccnc(CN)n1. The highest BCUT2D eigenvalue weighted by Crippen LogP contribution is 2.20. The summed E-state index contributed by atoms with van der Waals surface area (Å²) in [5.41, 5.74) is 5.54. The molecule has 2 N–H and O–H groups in total. The van der Waals surface area contributed by atoms with Gasteiger partial charge in [0.2, 0.25) is 0 Å². The van der Waals surface area contributed by atoms with Crippen molar-refractivity contribution in [2.24, 2.45) is 5.73 Å². The van der Waals surface area contributed by atoms with Crippen LogP contribution < -0.4 is 10.6 Å². The van der Waals surface area contributed by atoms with E-state index in [9.17, 15) is 0 Å². The number of aromatic nitrogens is 2. The lowest BCUT2D eigenvalue weighted by molar-refractivity contribution is 0.836. The quantitative estimate of drug-likeness (QED) is 0.916. The third kappa shape index (κ3) is 3.51. The molecule has 0 unspecified atom stereocenters. The van der Waals surface area contributed by atoms with Crippen molar-refractivity contribution in [3.63, 3.8) is 0 Å². The zero-order valence-electron chi connectivity index (χ0n) is 10.1. The van der Waals surface area contributed by atoms with Gasteiger partial charge in [-0.25, -0.2) is 9.97 Å². The number of nitrogens with two attached hydrogens (primary N) is 1. The van der Waals surface area contributed by atoms with Crippen LogP contribution in [0.25, 0.3) is 0 Å². The molecule has 0 saturated carbocycles. The van der Waals surface area contributed by atoms with Gasteiger partial charge in [0.1, 0.15) is 11.6 Å². The summed E-state index contributed by atoms with van der Waals surface area (Å²) in [7, 11) is 2.03. The molecule has 0 aliphatic carbocycles. The first kappa shape index (κ1) is 13.5. The van der Waals surface area contributed by atoms with Gasteiger partial charge in [-0.1, -0.05) is 0 Å². The molecular formula is C12H15BrN4S. The van der Waals surface area contributed by atoms with E-state index in [0.29, 0.717) is 12.4 Å². The Bertz CT molecular complexity index is 514. The maximum absolute atomic E-state index is 5.54. The maximum atomic E-state index is 5.54. The van der Waals surface area contributed by atoms with Crippen molar-refractivity contribution in [1.29, 1.82) is 0 Å². The second-order valence-electron chi connectivity index (χ2n) is 3.94. The molecule has 18 heavy (non-hydrogen) atoms. The highest BCUT2D eigenvalue weighted by atomic mass is 79.9. The molecule has 2 heterocycles. The number of thiophene rings is 1. The first-order chi connectivity index (χ1) is 8.69. The lowest BCUT2D eigenvalue weighted by atomic mass is 10.3. The van der Waals surface area contributed by atoms with E-state index >= 15 is 0 Å². The van der Waals surface area contributed by atoms with Crippen LogP contribution in [0.15, 0.2) is 28.2 Å². The zero-order chi connectivity index (χ0) is 13.0. The Kier molecular flexibility index (Phi) is 4.68. The number of anilines is 1. The normalized spacial score (nSPS) is 10.6. The Labute approximate surface area is 119 Å². The summed E-state index contributed by atoms with van der Waals surface area (Å²) in [6.07, 6.45) is 2.76. The number of halogens is 1. The molecule has 0 aromatic carbocycles. The Balaban J connectivity index is 1.96. The number of hydrogen-bond acceptors (Lipinski definition) is 5. The van der Waals surface area contributed by atoms with Crippen LogP contribution >= 0.6 is 27.3 Å². The minimum absolute atomic E-state index is 0.375. The van der Waals surface area contributed by atoms with Gasteiger partial charge in [-0.2, -0.15) is 0 Å². The summed E-state index contributed by atoms with van der Waals surface area (Å²) in [5.74, 6) is 1.60. The average Bonchev–Trinajstić information content (AvgIpc) is 2.82. The van der Waals surface area contributed by atoms with E-state index in [1.54, 1.807) is 17.5 Å². The van der Waals surface area contributed by atoms with Crippen LogP contribution in [0, 0.1) is 0 Å². The monoisotopic (exact) mass is 326 g/mol. The molecule has 6 heteroatoms. The average molecular weight is 327 g/mol. The predicted molar refractivity (Wildman–Crippen MR) is 78.9 cm³/mol. The molecule has 0 aliphatic rings. The topological polar surface area (TPSA) is 55.0 Å². The lowest BCUT2D eigenvalue weighted by Gasteiger charge is -2.17. The van der Waals surface area contributed by atoms with Crippen molar-refractivity contribution in [2.75, 3.05) is 18.5 Å². The molecule has 0 aliphatic heterocycles. The number of rotatable bonds is 5. The highest BCUT2D eigenvalue weighted by molar-refractivity contribution is 9.10. The minimum Gasteiger partial charge on any atom is -0.359 e. The number of likely N-dealkylation sites (N-methyl/N-ethyl adjacent to an activating group) is 1. The third-order valence-corrected chi connectivity index (χ3v) is 4.34. The van der Waals surface area contributed by atoms with Gasteiger partial charge >= 0.3 is 0 Å². The van der Waals surface area contributed by atoms with E-state index in [1.807, 2.05) is 13.1 Å². The fourth-order valence-electron chi connectivity index (χ4n) is 1.58. The van der Waals surface area contributed by atoms with Crippen molar-refractivity contribution >= 4 is 33.1 Å². The molecular weight excluding hydrogens is 312 g/mol. The van der Waals surface area contributed by atoms with E-state index in [1.165, 1.54) is 4.88 Å². The number of hydrogen-bond donors (Lipinski definition) is 1. The Hall–Kier alpha value is -0.980. The van der Waals surface area contributed by atoms with Crippen LogP contribution in [0.3, 0.4) is 0 Å². The van der Waals surface area contributed by atoms with E-state index in [-0.39, 0.29) is 0 Å². The number of nitrogens with zero attached hydrogens (tertiary/aromatic N) is 3. The molecule has 0 atom stereocenters. The van der Waals surface area contributed by atoms with Crippen molar-refractivity contribution in [2.45, 2.75) is 13.0 Å². The second kappa shape index (κ2) is 6.26. The molecule has 2 aromatic rings. The van der Waals surface area contributed by atoms with E-state index in [4.69, 9.17) is 5.73 Å². The largest absolute Gasteiger partial charge is 0.359 e. The molecule has 0 bridgehead atoms. The molecule has 0 spiro atoms. The Morgan fingerprint density at radius 3 is 3.00 bits per heavy atom. The first-order valence-corrected chi connectivity index (χ1v) is 7.32. The van der Waals surface area contributed by atoms with Crippen LogP contribution in [-0.2, 0) is 13.0 Å². The summed E-state index contributed by atoms with van der Waals surface area (Å²) in [4.78, 5) is 12.0. The summed E-state index contributed by atoms with van der Waals surface area (Å²) < 4.78 is 1.15. The third-order valence-electron chi connectivity index (χ3n) is 2.58. The lowest BCUT2D eigenvalue weighted by Crippen LogP contribution is -2.22. The fraction of sp³-hybridized carbons (Fsp3) is 0.333. The minimum atomic E-state index is 0.375. The van der Waals surface area contributed by atoms with Gasteiger partial charge in [-0.3, -0.25) is 0 Å². The van der Waals surface area contributed by atoms with Crippen LogP contribution in [0.2, 0.25) is 0 Å². The highest BCUT2D eigenvalue weighted by Gasteiger charge is 2.05. The Morgan fingerprint density at radius 2 is 2.33 bits per heavy atom. The smallest absolute Gasteiger partial charge is 0.144 e. The van der Waals surface area contributed by atoms with E-state index in [2.05, 4.69) is 42.2 Å². The summed E-state index contributed by atoms with van der Waals surface area (Å²) >= 11 is 5.23. The summed E-state index contributed by atoms with van der Waals surface area (Å²) in [6, 6.07) is 4.06. The van der Waals surface area contributed by atoms with Gasteiger partial charge in [0.15, 0.2) is 0 Å². The van der Waals surface area contributed by atoms with Gasteiger partial charge in [-0.15, -0.1) is 11.3 Å². The van der Waals surface area contributed by atoms with Crippen molar-refractivity contribution in [3.05, 3.63) is 38.9 Å². The molecule has 0 radical (unpaired) electrons. The molecule has 0 fully saturated rings. The first-order valence-electron chi connectivity index (χ1n) is 5.65. The fourth-order valence-corrected chi connectivity index (χ4v) is 3.02. The van der Waals surface area contributed by atoms with Gasteiger partial charge in [0.05, 0.1) is 6.54 Å². The molecule has 0 saturated heterocycles. The van der Waals surface area contributed by atoms with Gasteiger partial charge in [-0.05, 0) is 34.5 Å². The van der Waals surface area contributed by atoms with E-state index < -0.39 is 0 Å². The molecule has 96 valence electrons. The second-order valence-corrected chi connectivity index (χ2v) is 5.85. The molecule has 0 amide bonds.